The Kier molecular flexibility index (Phi) is 4.00. The van der Waals surface area contributed by atoms with Crippen molar-refractivity contribution < 1.29 is 9.18 Å². The Morgan fingerprint density at radius 2 is 2.17 bits per heavy atom. The zero-order valence-electron chi connectivity index (χ0n) is 11.1. The summed E-state index contributed by atoms with van der Waals surface area (Å²) in [6.45, 7) is 4.63. The van der Waals surface area contributed by atoms with Gasteiger partial charge in [0.1, 0.15) is 5.82 Å². The molecule has 18 heavy (non-hydrogen) atoms. The molecule has 0 N–H and O–H groups in total. The van der Waals surface area contributed by atoms with E-state index in [0.29, 0.717) is 17.2 Å². The number of hydrogen-bond donors (Lipinski definition) is 0. The van der Waals surface area contributed by atoms with E-state index < -0.39 is 0 Å². The first-order valence-corrected chi connectivity index (χ1v) is 6.70. The predicted octanol–water partition coefficient (Wildman–Crippen LogP) is 3.54. The average Bonchev–Trinajstić information content (AvgIpc) is 3.17. The second-order valence-corrected chi connectivity index (χ2v) is 5.05. The number of nitrogens with zero attached hydrogens (tertiary/aromatic N) is 1. The lowest BCUT2D eigenvalue weighted by atomic mass is 10.1. The third-order valence-corrected chi connectivity index (χ3v) is 3.41. The molecular weight excluding hydrogens is 229 g/mol. The molecule has 0 aromatic heterocycles. The normalized spacial score (nSPS) is 14.6. The summed E-state index contributed by atoms with van der Waals surface area (Å²) in [5.74, 6) is -0.202. The number of benzene rings is 1. The lowest BCUT2D eigenvalue weighted by Crippen LogP contribution is -2.34. The van der Waals surface area contributed by atoms with Crippen molar-refractivity contribution in [3.05, 3.63) is 35.1 Å². The number of carbonyl (C=O) groups is 1. The van der Waals surface area contributed by atoms with Crippen molar-refractivity contribution in [2.75, 3.05) is 6.54 Å². The van der Waals surface area contributed by atoms with Gasteiger partial charge in [0, 0.05) is 18.2 Å². The van der Waals surface area contributed by atoms with E-state index in [4.69, 9.17) is 0 Å². The van der Waals surface area contributed by atoms with E-state index in [0.717, 1.165) is 32.2 Å². The SMILES string of the molecule is CCCCN(C(=O)c1ccc(F)c(C)c1)C1CC1. The third kappa shape index (κ3) is 2.89. The fourth-order valence-electron chi connectivity index (χ4n) is 2.11. The van der Waals surface area contributed by atoms with Crippen LogP contribution >= 0.6 is 0 Å². The van der Waals surface area contributed by atoms with Gasteiger partial charge in [-0.15, -0.1) is 0 Å². The van der Waals surface area contributed by atoms with Gasteiger partial charge in [0.25, 0.3) is 5.91 Å². The molecule has 2 nitrogen and oxygen atoms in total. The summed E-state index contributed by atoms with van der Waals surface area (Å²) in [7, 11) is 0. The molecule has 0 unspecified atom stereocenters. The lowest BCUT2D eigenvalue weighted by molar-refractivity contribution is 0.0740. The molecule has 0 aliphatic heterocycles. The summed E-state index contributed by atoms with van der Waals surface area (Å²) in [5, 5.41) is 0. The molecule has 1 aromatic carbocycles. The Balaban J connectivity index is 2.13. The van der Waals surface area contributed by atoms with Crippen LogP contribution < -0.4 is 0 Å². The number of rotatable bonds is 5. The van der Waals surface area contributed by atoms with Gasteiger partial charge in [-0.2, -0.15) is 0 Å². The fraction of sp³-hybridized carbons (Fsp3) is 0.533. The highest BCUT2D eigenvalue weighted by atomic mass is 19.1. The molecule has 2 rings (SSSR count). The van der Waals surface area contributed by atoms with Crippen LogP contribution in [0.4, 0.5) is 4.39 Å². The molecule has 1 amide bonds. The van der Waals surface area contributed by atoms with Crippen LogP contribution in [0.3, 0.4) is 0 Å². The molecular formula is C15H20FNO. The van der Waals surface area contributed by atoms with E-state index in [1.54, 1.807) is 19.1 Å². The number of hydrogen-bond acceptors (Lipinski definition) is 1. The van der Waals surface area contributed by atoms with Crippen molar-refractivity contribution in [2.24, 2.45) is 0 Å². The van der Waals surface area contributed by atoms with Crippen molar-refractivity contribution in [2.45, 2.75) is 45.6 Å². The first-order chi connectivity index (χ1) is 8.63. The summed E-state index contributed by atoms with van der Waals surface area (Å²) >= 11 is 0. The fourth-order valence-corrected chi connectivity index (χ4v) is 2.11. The van der Waals surface area contributed by atoms with Gasteiger partial charge in [0.05, 0.1) is 0 Å². The topological polar surface area (TPSA) is 20.3 Å². The van der Waals surface area contributed by atoms with Gasteiger partial charge in [-0.1, -0.05) is 13.3 Å². The first kappa shape index (κ1) is 13.1. The van der Waals surface area contributed by atoms with Crippen LogP contribution in [-0.2, 0) is 0 Å². The van der Waals surface area contributed by atoms with E-state index in [2.05, 4.69) is 6.92 Å². The highest BCUT2D eigenvalue weighted by Crippen LogP contribution is 2.28. The highest BCUT2D eigenvalue weighted by Gasteiger charge is 2.32. The molecule has 1 fully saturated rings. The predicted molar refractivity (Wildman–Crippen MR) is 70.1 cm³/mol. The highest BCUT2D eigenvalue weighted by molar-refractivity contribution is 5.94. The van der Waals surface area contributed by atoms with Crippen LogP contribution in [0.1, 0.15) is 48.5 Å². The maximum atomic E-state index is 13.2. The molecule has 0 radical (unpaired) electrons. The monoisotopic (exact) mass is 249 g/mol. The van der Waals surface area contributed by atoms with Crippen molar-refractivity contribution in [3.63, 3.8) is 0 Å². The van der Waals surface area contributed by atoms with Crippen LogP contribution in [0.25, 0.3) is 0 Å². The largest absolute Gasteiger partial charge is 0.336 e. The standard InChI is InChI=1S/C15H20FNO/c1-3-4-9-17(13-6-7-13)15(18)12-5-8-14(16)11(2)10-12/h5,8,10,13H,3-4,6-7,9H2,1-2H3. The van der Waals surface area contributed by atoms with Gasteiger partial charge >= 0.3 is 0 Å². The minimum atomic E-state index is -0.252. The maximum absolute atomic E-state index is 13.2. The quantitative estimate of drug-likeness (QED) is 0.781. The van der Waals surface area contributed by atoms with E-state index in [1.165, 1.54) is 6.07 Å². The third-order valence-electron chi connectivity index (χ3n) is 3.41. The van der Waals surface area contributed by atoms with Gasteiger partial charge < -0.3 is 4.90 Å². The second-order valence-electron chi connectivity index (χ2n) is 5.05. The Morgan fingerprint density at radius 3 is 2.72 bits per heavy atom. The van der Waals surface area contributed by atoms with Crippen LogP contribution in [0.15, 0.2) is 18.2 Å². The summed E-state index contributed by atoms with van der Waals surface area (Å²) < 4.78 is 13.2. The van der Waals surface area contributed by atoms with E-state index in [-0.39, 0.29) is 11.7 Å². The van der Waals surface area contributed by atoms with Crippen molar-refractivity contribution >= 4 is 5.91 Å². The number of carbonyl (C=O) groups excluding carboxylic acids is 1. The van der Waals surface area contributed by atoms with Gasteiger partial charge in [-0.3, -0.25) is 4.79 Å². The van der Waals surface area contributed by atoms with Crippen molar-refractivity contribution in [1.29, 1.82) is 0 Å². The molecule has 1 aliphatic rings. The molecule has 0 heterocycles. The summed E-state index contributed by atoms with van der Waals surface area (Å²) in [5.41, 5.74) is 1.14. The Bertz CT molecular complexity index is 440. The van der Waals surface area contributed by atoms with Crippen LogP contribution in [0, 0.1) is 12.7 Å². The minimum absolute atomic E-state index is 0.0500. The summed E-state index contributed by atoms with van der Waals surface area (Å²) in [6, 6.07) is 5.03. The van der Waals surface area contributed by atoms with Crippen LogP contribution in [-0.4, -0.2) is 23.4 Å². The smallest absolute Gasteiger partial charge is 0.254 e. The van der Waals surface area contributed by atoms with Gasteiger partial charge in [-0.25, -0.2) is 4.39 Å². The number of unbranched alkanes of at least 4 members (excludes halogenated alkanes) is 1. The molecule has 1 aliphatic carbocycles. The van der Waals surface area contributed by atoms with Crippen LogP contribution in [0.5, 0.6) is 0 Å². The number of amides is 1. The van der Waals surface area contributed by atoms with Crippen LogP contribution in [0.2, 0.25) is 0 Å². The maximum Gasteiger partial charge on any atom is 0.254 e. The summed E-state index contributed by atoms with van der Waals surface area (Å²) in [6.07, 6.45) is 4.33. The van der Waals surface area contributed by atoms with E-state index in [9.17, 15) is 9.18 Å². The van der Waals surface area contributed by atoms with Crippen molar-refractivity contribution in [3.8, 4) is 0 Å². The molecule has 0 bridgehead atoms. The Morgan fingerprint density at radius 1 is 1.44 bits per heavy atom. The Labute approximate surface area is 108 Å². The van der Waals surface area contributed by atoms with Crippen molar-refractivity contribution in [1.82, 2.24) is 4.90 Å². The molecule has 0 spiro atoms. The molecule has 1 saturated carbocycles. The molecule has 98 valence electrons. The zero-order chi connectivity index (χ0) is 13.1. The lowest BCUT2D eigenvalue weighted by Gasteiger charge is -2.22. The average molecular weight is 249 g/mol. The van der Waals surface area contributed by atoms with Gasteiger partial charge in [0.15, 0.2) is 0 Å². The van der Waals surface area contributed by atoms with Gasteiger partial charge in [0.2, 0.25) is 0 Å². The zero-order valence-corrected chi connectivity index (χ0v) is 11.1. The number of aryl methyl sites for hydroxylation is 1. The van der Waals surface area contributed by atoms with E-state index in [1.807, 2.05) is 4.90 Å². The minimum Gasteiger partial charge on any atom is -0.336 e. The summed E-state index contributed by atoms with van der Waals surface area (Å²) in [4.78, 5) is 14.4. The van der Waals surface area contributed by atoms with E-state index >= 15 is 0 Å². The molecule has 1 aromatic rings. The second kappa shape index (κ2) is 5.51. The Hall–Kier alpha value is -1.38. The molecule has 0 atom stereocenters. The number of halogens is 1. The molecule has 3 heteroatoms. The first-order valence-electron chi connectivity index (χ1n) is 6.70. The van der Waals surface area contributed by atoms with Gasteiger partial charge in [-0.05, 0) is 49.9 Å². The molecule has 0 saturated heterocycles.